The van der Waals surface area contributed by atoms with E-state index in [9.17, 15) is 9.59 Å². The molecular weight excluding hydrogens is 288 g/mol. The lowest BCUT2D eigenvalue weighted by molar-refractivity contribution is -0.133. The molecule has 0 saturated carbocycles. The molecule has 0 aliphatic rings. The van der Waals surface area contributed by atoms with E-state index in [2.05, 4.69) is 10.3 Å². The van der Waals surface area contributed by atoms with Crippen molar-refractivity contribution in [1.29, 1.82) is 0 Å². The van der Waals surface area contributed by atoms with E-state index >= 15 is 0 Å². The quantitative estimate of drug-likeness (QED) is 0.830. The highest BCUT2D eigenvalue weighted by Gasteiger charge is 2.09. The highest BCUT2D eigenvalue weighted by molar-refractivity contribution is 7.99. The molecule has 0 unspecified atom stereocenters. The molecule has 0 atom stereocenters. The molecule has 1 heterocycles. The van der Waals surface area contributed by atoms with Gasteiger partial charge in [0.15, 0.2) is 0 Å². The van der Waals surface area contributed by atoms with Crippen LogP contribution in [0.5, 0.6) is 0 Å². The molecule has 0 saturated heterocycles. The van der Waals surface area contributed by atoms with E-state index in [4.69, 9.17) is 5.11 Å². The standard InChI is InChI=1S/C15H14N2O3S/c1-10-4-2-3-5-12(10)15(20)17-11-6-7-13(16-8-11)21-9-14(18)19/h2-8H,9H2,1H3,(H,17,20)(H,18,19). The summed E-state index contributed by atoms with van der Waals surface area (Å²) in [5, 5.41) is 12.0. The van der Waals surface area contributed by atoms with Crippen LogP contribution in [-0.2, 0) is 4.79 Å². The number of anilines is 1. The zero-order chi connectivity index (χ0) is 15.2. The average Bonchev–Trinajstić information content (AvgIpc) is 2.47. The van der Waals surface area contributed by atoms with Gasteiger partial charge in [-0.3, -0.25) is 9.59 Å². The molecule has 2 aromatic rings. The minimum atomic E-state index is -0.890. The first-order valence-corrected chi connectivity index (χ1v) is 7.22. The second-order valence-electron chi connectivity index (χ2n) is 4.34. The lowest BCUT2D eigenvalue weighted by Crippen LogP contribution is -2.13. The minimum absolute atomic E-state index is 0.0398. The molecule has 1 aromatic carbocycles. The molecule has 1 aromatic heterocycles. The first-order chi connectivity index (χ1) is 10.1. The maximum atomic E-state index is 12.1. The maximum Gasteiger partial charge on any atom is 0.313 e. The van der Waals surface area contributed by atoms with Gasteiger partial charge in [0.25, 0.3) is 5.91 Å². The number of pyridine rings is 1. The topological polar surface area (TPSA) is 79.3 Å². The Morgan fingerprint density at radius 2 is 2.00 bits per heavy atom. The molecule has 1 amide bonds. The number of aromatic nitrogens is 1. The van der Waals surface area contributed by atoms with Crippen molar-refractivity contribution in [1.82, 2.24) is 4.98 Å². The molecule has 108 valence electrons. The molecule has 5 nitrogen and oxygen atoms in total. The number of amides is 1. The molecule has 0 aliphatic carbocycles. The lowest BCUT2D eigenvalue weighted by atomic mass is 10.1. The van der Waals surface area contributed by atoms with Gasteiger partial charge in [-0.1, -0.05) is 30.0 Å². The molecule has 0 spiro atoms. The molecule has 21 heavy (non-hydrogen) atoms. The Hall–Kier alpha value is -2.34. The molecular formula is C15H14N2O3S. The van der Waals surface area contributed by atoms with Crippen LogP contribution < -0.4 is 5.32 Å². The van der Waals surface area contributed by atoms with E-state index in [0.29, 0.717) is 16.3 Å². The van der Waals surface area contributed by atoms with Crippen molar-refractivity contribution in [3.8, 4) is 0 Å². The number of carboxylic acids is 1. The fourth-order valence-electron chi connectivity index (χ4n) is 1.70. The van der Waals surface area contributed by atoms with Crippen molar-refractivity contribution in [2.24, 2.45) is 0 Å². The number of hydrogen-bond acceptors (Lipinski definition) is 4. The Labute approximate surface area is 126 Å². The van der Waals surface area contributed by atoms with Gasteiger partial charge in [0, 0.05) is 5.56 Å². The van der Waals surface area contributed by atoms with Crippen LogP contribution in [0.15, 0.2) is 47.6 Å². The number of nitrogens with one attached hydrogen (secondary N) is 1. The highest BCUT2D eigenvalue weighted by Crippen LogP contribution is 2.17. The summed E-state index contributed by atoms with van der Waals surface area (Å²) in [5.41, 5.74) is 2.08. The van der Waals surface area contributed by atoms with Crippen LogP contribution in [0.2, 0.25) is 0 Å². The Morgan fingerprint density at radius 3 is 2.62 bits per heavy atom. The number of thioether (sulfide) groups is 1. The van der Waals surface area contributed by atoms with Crippen molar-refractivity contribution in [2.75, 3.05) is 11.1 Å². The summed E-state index contributed by atoms with van der Waals surface area (Å²) in [6.07, 6.45) is 1.51. The fourth-order valence-corrected chi connectivity index (χ4v) is 2.26. The van der Waals surface area contributed by atoms with Gasteiger partial charge in [0.2, 0.25) is 0 Å². The number of carbonyl (C=O) groups is 2. The number of carbonyl (C=O) groups excluding carboxylic acids is 1. The molecule has 6 heteroatoms. The molecule has 0 bridgehead atoms. The van der Waals surface area contributed by atoms with Crippen LogP contribution in [0.25, 0.3) is 0 Å². The summed E-state index contributed by atoms with van der Waals surface area (Å²) >= 11 is 1.13. The van der Waals surface area contributed by atoms with E-state index in [1.54, 1.807) is 18.2 Å². The Bertz CT molecular complexity index is 656. The summed E-state index contributed by atoms with van der Waals surface area (Å²) in [7, 11) is 0. The average molecular weight is 302 g/mol. The van der Waals surface area contributed by atoms with E-state index in [1.165, 1.54) is 6.20 Å². The first-order valence-electron chi connectivity index (χ1n) is 6.24. The third-order valence-corrected chi connectivity index (χ3v) is 3.66. The van der Waals surface area contributed by atoms with E-state index < -0.39 is 5.97 Å². The zero-order valence-electron chi connectivity index (χ0n) is 11.4. The summed E-state index contributed by atoms with van der Waals surface area (Å²) in [5.74, 6) is -1.12. The zero-order valence-corrected chi connectivity index (χ0v) is 12.2. The molecule has 2 N–H and O–H groups in total. The molecule has 0 fully saturated rings. The van der Waals surface area contributed by atoms with Crippen LogP contribution in [0.3, 0.4) is 0 Å². The van der Waals surface area contributed by atoms with Gasteiger partial charge >= 0.3 is 5.97 Å². The van der Waals surface area contributed by atoms with E-state index in [0.717, 1.165) is 17.3 Å². The van der Waals surface area contributed by atoms with Gasteiger partial charge in [0.05, 0.1) is 22.7 Å². The number of hydrogen-bond donors (Lipinski definition) is 2. The van der Waals surface area contributed by atoms with Crippen molar-refractivity contribution in [3.63, 3.8) is 0 Å². The number of aliphatic carboxylic acids is 1. The lowest BCUT2D eigenvalue weighted by Gasteiger charge is -2.07. The van der Waals surface area contributed by atoms with Gasteiger partial charge in [-0.2, -0.15) is 0 Å². The Morgan fingerprint density at radius 1 is 1.24 bits per heavy atom. The molecule has 2 rings (SSSR count). The van der Waals surface area contributed by atoms with Crippen LogP contribution in [0.1, 0.15) is 15.9 Å². The number of aryl methyl sites for hydroxylation is 1. The molecule has 0 aliphatic heterocycles. The monoisotopic (exact) mass is 302 g/mol. The van der Waals surface area contributed by atoms with Crippen LogP contribution in [0.4, 0.5) is 5.69 Å². The summed E-state index contributed by atoms with van der Waals surface area (Å²) in [6.45, 7) is 1.87. The SMILES string of the molecule is Cc1ccccc1C(=O)Nc1ccc(SCC(=O)O)nc1. The third kappa shape index (κ3) is 4.32. The van der Waals surface area contributed by atoms with Crippen molar-refractivity contribution in [3.05, 3.63) is 53.7 Å². The largest absolute Gasteiger partial charge is 0.481 e. The third-order valence-electron chi connectivity index (χ3n) is 2.73. The van der Waals surface area contributed by atoms with Crippen LogP contribution >= 0.6 is 11.8 Å². The Kier molecular flexibility index (Phi) is 4.94. The second-order valence-corrected chi connectivity index (χ2v) is 5.33. The number of nitrogens with zero attached hydrogens (tertiary/aromatic N) is 1. The molecule has 0 radical (unpaired) electrons. The predicted molar refractivity (Wildman–Crippen MR) is 81.7 cm³/mol. The number of rotatable bonds is 5. The highest BCUT2D eigenvalue weighted by atomic mass is 32.2. The van der Waals surface area contributed by atoms with Crippen molar-refractivity contribution >= 4 is 29.3 Å². The number of benzene rings is 1. The smallest absolute Gasteiger partial charge is 0.313 e. The Balaban J connectivity index is 2.02. The van der Waals surface area contributed by atoms with E-state index in [-0.39, 0.29) is 11.7 Å². The maximum absolute atomic E-state index is 12.1. The fraction of sp³-hybridized carbons (Fsp3) is 0.133. The predicted octanol–water partition coefficient (Wildman–Crippen LogP) is 2.82. The van der Waals surface area contributed by atoms with Crippen LogP contribution in [0, 0.1) is 6.92 Å². The van der Waals surface area contributed by atoms with Crippen LogP contribution in [-0.4, -0.2) is 27.7 Å². The summed E-state index contributed by atoms with van der Waals surface area (Å²) in [6, 6.07) is 10.7. The summed E-state index contributed by atoms with van der Waals surface area (Å²) < 4.78 is 0. The van der Waals surface area contributed by atoms with Gasteiger partial charge in [-0.25, -0.2) is 4.98 Å². The van der Waals surface area contributed by atoms with Gasteiger partial charge in [-0.15, -0.1) is 0 Å². The van der Waals surface area contributed by atoms with Gasteiger partial charge in [0.1, 0.15) is 0 Å². The second kappa shape index (κ2) is 6.90. The first kappa shape index (κ1) is 15.1. The van der Waals surface area contributed by atoms with Gasteiger partial charge < -0.3 is 10.4 Å². The summed E-state index contributed by atoms with van der Waals surface area (Å²) in [4.78, 5) is 26.7. The van der Waals surface area contributed by atoms with Gasteiger partial charge in [-0.05, 0) is 30.7 Å². The van der Waals surface area contributed by atoms with Crippen molar-refractivity contribution < 1.29 is 14.7 Å². The number of carboxylic acid groups (broad SMARTS) is 1. The minimum Gasteiger partial charge on any atom is -0.481 e. The van der Waals surface area contributed by atoms with E-state index in [1.807, 2.05) is 25.1 Å². The van der Waals surface area contributed by atoms with Crippen molar-refractivity contribution in [2.45, 2.75) is 11.9 Å². The normalized spacial score (nSPS) is 10.1.